The average molecular weight is 303 g/mol. The zero-order valence-electron chi connectivity index (χ0n) is 9.69. The molecular weight excluding hydrogens is 291 g/mol. The second-order valence-corrected chi connectivity index (χ2v) is 6.09. The van der Waals surface area contributed by atoms with Crippen molar-refractivity contribution in [1.29, 1.82) is 0 Å². The van der Waals surface area contributed by atoms with Crippen molar-refractivity contribution in [3.63, 3.8) is 0 Å². The molecule has 0 bridgehead atoms. The van der Waals surface area contributed by atoms with Gasteiger partial charge in [0.1, 0.15) is 12.4 Å². The maximum atomic E-state index is 9.67. The van der Waals surface area contributed by atoms with Crippen LogP contribution in [0.2, 0.25) is 9.36 Å². The van der Waals surface area contributed by atoms with Gasteiger partial charge in [-0.15, -0.1) is 11.3 Å². The van der Waals surface area contributed by atoms with Crippen LogP contribution >= 0.6 is 34.5 Å². The van der Waals surface area contributed by atoms with Crippen LogP contribution in [0.3, 0.4) is 0 Å². The Kier molecular flexibility index (Phi) is 4.51. The van der Waals surface area contributed by atoms with E-state index in [2.05, 4.69) is 0 Å². The van der Waals surface area contributed by atoms with Gasteiger partial charge in [0.25, 0.3) is 0 Å². The van der Waals surface area contributed by atoms with E-state index >= 15 is 0 Å². The Labute approximate surface area is 120 Å². The highest BCUT2D eigenvalue weighted by Gasteiger charge is 2.10. The molecule has 2 aromatic rings. The molecule has 2 nitrogen and oxygen atoms in total. The molecule has 0 radical (unpaired) electrons. The number of halogens is 2. The van der Waals surface area contributed by atoms with Crippen LogP contribution in [0.5, 0.6) is 5.75 Å². The van der Waals surface area contributed by atoms with Crippen LogP contribution in [0.1, 0.15) is 23.5 Å². The number of rotatable bonds is 4. The van der Waals surface area contributed by atoms with Gasteiger partial charge < -0.3 is 9.84 Å². The molecule has 2 rings (SSSR count). The molecule has 0 aliphatic rings. The molecule has 1 atom stereocenters. The third-order valence-corrected chi connectivity index (χ3v) is 3.86. The molecule has 0 spiro atoms. The van der Waals surface area contributed by atoms with E-state index in [0.29, 0.717) is 22.9 Å². The Morgan fingerprint density at radius 3 is 2.67 bits per heavy atom. The minimum Gasteiger partial charge on any atom is -0.488 e. The standard InChI is InChI=1S/C13H12Cl2O2S/c1-8(16)11-6-9(14)2-4-12(11)17-7-10-3-5-13(15)18-10/h2-6,8,16H,7H2,1H3/t8-/m1/s1. The predicted octanol–water partition coefficient (Wildman–Crippen LogP) is 4.69. The molecule has 0 saturated heterocycles. The fraction of sp³-hybridized carbons (Fsp3) is 0.231. The fourth-order valence-corrected chi connectivity index (χ4v) is 2.74. The van der Waals surface area contributed by atoms with E-state index in [4.69, 9.17) is 27.9 Å². The van der Waals surface area contributed by atoms with Crippen LogP contribution in [0.15, 0.2) is 30.3 Å². The first-order chi connectivity index (χ1) is 8.56. The van der Waals surface area contributed by atoms with Gasteiger partial charge >= 0.3 is 0 Å². The third kappa shape index (κ3) is 3.39. The van der Waals surface area contributed by atoms with E-state index in [1.807, 2.05) is 12.1 Å². The van der Waals surface area contributed by atoms with E-state index in [1.165, 1.54) is 11.3 Å². The molecule has 1 N–H and O–H groups in total. The molecule has 96 valence electrons. The number of thiophene rings is 1. The lowest BCUT2D eigenvalue weighted by molar-refractivity contribution is 0.190. The Morgan fingerprint density at radius 2 is 2.06 bits per heavy atom. The summed E-state index contributed by atoms with van der Waals surface area (Å²) in [6.45, 7) is 2.11. The Balaban J connectivity index is 2.13. The number of ether oxygens (including phenoxy) is 1. The number of hydrogen-bond donors (Lipinski definition) is 1. The summed E-state index contributed by atoms with van der Waals surface area (Å²) < 4.78 is 6.42. The molecule has 18 heavy (non-hydrogen) atoms. The molecule has 1 aromatic heterocycles. The van der Waals surface area contributed by atoms with Crippen molar-refractivity contribution in [2.75, 3.05) is 0 Å². The summed E-state index contributed by atoms with van der Waals surface area (Å²) >= 11 is 13.2. The molecule has 5 heteroatoms. The quantitative estimate of drug-likeness (QED) is 0.888. The molecule has 1 heterocycles. The van der Waals surface area contributed by atoms with Crippen molar-refractivity contribution >= 4 is 34.5 Å². The monoisotopic (exact) mass is 302 g/mol. The summed E-state index contributed by atoms with van der Waals surface area (Å²) in [5, 5.41) is 10.3. The highest BCUT2D eigenvalue weighted by Crippen LogP contribution is 2.30. The highest BCUT2D eigenvalue weighted by atomic mass is 35.5. The van der Waals surface area contributed by atoms with E-state index < -0.39 is 6.10 Å². The van der Waals surface area contributed by atoms with Gasteiger partial charge in [0.15, 0.2) is 0 Å². The van der Waals surface area contributed by atoms with E-state index in [1.54, 1.807) is 25.1 Å². The number of benzene rings is 1. The Morgan fingerprint density at radius 1 is 1.28 bits per heavy atom. The third-order valence-electron chi connectivity index (χ3n) is 2.42. The summed E-state index contributed by atoms with van der Waals surface area (Å²) in [7, 11) is 0. The SMILES string of the molecule is C[C@@H](O)c1cc(Cl)ccc1OCc1ccc(Cl)s1. The van der Waals surface area contributed by atoms with Crippen LogP contribution in [-0.4, -0.2) is 5.11 Å². The predicted molar refractivity (Wildman–Crippen MR) is 75.7 cm³/mol. The maximum Gasteiger partial charge on any atom is 0.125 e. The topological polar surface area (TPSA) is 29.5 Å². The first kappa shape index (κ1) is 13.7. The first-order valence-electron chi connectivity index (χ1n) is 5.41. The van der Waals surface area contributed by atoms with Gasteiger partial charge in [-0.1, -0.05) is 23.2 Å². The molecular formula is C13H12Cl2O2S. The second-order valence-electron chi connectivity index (χ2n) is 3.85. The zero-order valence-corrected chi connectivity index (χ0v) is 12.0. The van der Waals surface area contributed by atoms with Crippen molar-refractivity contribution in [2.45, 2.75) is 19.6 Å². The van der Waals surface area contributed by atoms with Crippen molar-refractivity contribution in [2.24, 2.45) is 0 Å². The largest absolute Gasteiger partial charge is 0.488 e. The molecule has 0 aliphatic heterocycles. The normalized spacial score (nSPS) is 12.4. The lowest BCUT2D eigenvalue weighted by atomic mass is 10.1. The van der Waals surface area contributed by atoms with Gasteiger partial charge in [-0.3, -0.25) is 0 Å². The van der Waals surface area contributed by atoms with Crippen LogP contribution in [0.4, 0.5) is 0 Å². The molecule has 0 fully saturated rings. The molecule has 0 amide bonds. The number of aliphatic hydroxyl groups excluding tert-OH is 1. The Hall–Kier alpha value is -0.740. The summed E-state index contributed by atoms with van der Waals surface area (Å²) in [5.41, 5.74) is 0.685. The lowest BCUT2D eigenvalue weighted by Crippen LogP contribution is -1.99. The summed E-state index contributed by atoms with van der Waals surface area (Å²) in [4.78, 5) is 1.03. The Bertz CT molecular complexity index is 538. The number of hydrogen-bond acceptors (Lipinski definition) is 3. The summed E-state index contributed by atoms with van der Waals surface area (Å²) in [6, 6.07) is 8.97. The van der Waals surface area contributed by atoms with Crippen molar-refractivity contribution in [3.8, 4) is 5.75 Å². The minimum absolute atomic E-state index is 0.429. The molecule has 0 saturated carbocycles. The van der Waals surface area contributed by atoms with Gasteiger partial charge in [0, 0.05) is 15.5 Å². The lowest BCUT2D eigenvalue weighted by Gasteiger charge is -2.13. The highest BCUT2D eigenvalue weighted by molar-refractivity contribution is 7.16. The molecule has 1 aromatic carbocycles. The van der Waals surface area contributed by atoms with Crippen LogP contribution in [0, 0.1) is 0 Å². The van der Waals surface area contributed by atoms with E-state index in [-0.39, 0.29) is 0 Å². The number of aliphatic hydroxyl groups is 1. The second kappa shape index (κ2) is 5.93. The van der Waals surface area contributed by atoms with Gasteiger partial charge in [-0.25, -0.2) is 0 Å². The van der Waals surface area contributed by atoms with E-state index in [0.717, 1.165) is 9.21 Å². The summed E-state index contributed by atoms with van der Waals surface area (Å²) in [5.74, 6) is 0.638. The van der Waals surface area contributed by atoms with Crippen LogP contribution < -0.4 is 4.74 Å². The average Bonchev–Trinajstić information content (AvgIpc) is 2.73. The minimum atomic E-state index is -0.620. The van der Waals surface area contributed by atoms with Gasteiger partial charge in [0.2, 0.25) is 0 Å². The molecule has 0 unspecified atom stereocenters. The van der Waals surface area contributed by atoms with Gasteiger partial charge in [-0.2, -0.15) is 0 Å². The van der Waals surface area contributed by atoms with Crippen molar-refractivity contribution in [3.05, 3.63) is 50.1 Å². The smallest absolute Gasteiger partial charge is 0.125 e. The zero-order chi connectivity index (χ0) is 13.1. The summed E-state index contributed by atoms with van der Waals surface area (Å²) in [6.07, 6.45) is -0.620. The van der Waals surface area contributed by atoms with Gasteiger partial charge in [0.05, 0.1) is 10.4 Å². The molecule has 0 aliphatic carbocycles. The van der Waals surface area contributed by atoms with Gasteiger partial charge in [-0.05, 0) is 37.3 Å². The van der Waals surface area contributed by atoms with Crippen LogP contribution in [-0.2, 0) is 6.61 Å². The maximum absolute atomic E-state index is 9.67. The first-order valence-corrected chi connectivity index (χ1v) is 6.98. The van der Waals surface area contributed by atoms with E-state index in [9.17, 15) is 5.11 Å². The fourth-order valence-electron chi connectivity index (χ4n) is 1.56. The van der Waals surface area contributed by atoms with Crippen molar-refractivity contribution in [1.82, 2.24) is 0 Å². The van der Waals surface area contributed by atoms with Crippen molar-refractivity contribution < 1.29 is 9.84 Å². The van der Waals surface area contributed by atoms with Crippen LogP contribution in [0.25, 0.3) is 0 Å².